The molecule has 0 saturated heterocycles. The molecule has 0 bridgehead atoms. The van der Waals surface area contributed by atoms with Crippen molar-refractivity contribution in [3.8, 4) is 5.75 Å². The fourth-order valence-corrected chi connectivity index (χ4v) is 1.32. The van der Waals surface area contributed by atoms with Gasteiger partial charge in [0.05, 0.1) is 12.2 Å². The molecule has 3 N–H and O–H groups in total. The van der Waals surface area contributed by atoms with Crippen molar-refractivity contribution in [3.63, 3.8) is 0 Å². The largest absolute Gasteiger partial charge is 0.508 e. The Morgan fingerprint density at radius 2 is 2.11 bits per heavy atom. The number of ether oxygens (including phenoxy) is 1. The van der Waals surface area contributed by atoms with Crippen LogP contribution in [-0.4, -0.2) is 23.9 Å². The lowest BCUT2D eigenvalue weighted by molar-refractivity contribution is -0.149. The van der Waals surface area contributed by atoms with Crippen LogP contribution in [0.25, 0.3) is 0 Å². The maximum absolute atomic E-state index is 12.4. The Kier molecular flexibility index (Phi) is 4.18. The van der Waals surface area contributed by atoms with E-state index in [4.69, 9.17) is 5.73 Å². The molecule has 0 spiro atoms. The fourth-order valence-electron chi connectivity index (χ4n) is 1.32. The highest BCUT2D eigenvalue weighted by Gasteiger charge is 2.39. The standard InChI is InChI=1S/C11H12F3NO3/c1-2-18-10(17)6-3-4-8(16)7(5-6)9(15)11(12,13)14/h3-5,9,16H,2,15H2,1H3/t9-/m0/s1. The molecule has 7 heteroatoms. The molecule has 100 valence electrons. The number of benzene rings is 1. The summed E-state index contributed by atoms with van der Waals surface area (Å²) < 4.78 is 42.0. The van der Waals surface area contributed by atoms with Gasteiger partial charge >= 0.3 is 12.1 Å². The van der Waals surface area contributed by atoms with Gasteiger partial charge in [-0.3, -0.25) is 0 Å². The van der Waals surface area contributed by atoms with Gasteiger partial charge < -0.3 is 15.6 Å². The summed E-state index contributed by atoms with van der Waals surface area (Å²) in [6.45, 7) is 1.67. The van der Waals surface area contributed by atoms with Crippen LogP contribution in [0.1, 0.15) is 28.9 Å². The second-order valence-electron chi connectivity index (χ2n) is 3.51. The van der Waals surface area contributed by atoms with E-state index in [9.17, 15) is 23.1 Å². The number of hydrogen-bond acceptors (Lipinski definition) is 4. The Labute approximate surface area is 101 Å². The van der Waals surface area contributed by atoms with Crippen molar-refractivity contribution in [3.05, 3.63) is 29.3 Å². The average molecular weight is 263 g/mol. The minimum absolute atomic E-state index is 0.0932. The lowest BCUT2D eigenvalue weighted by Gasteiger charge is -2.17. The Morgan fingerprint density at radius 3 is 2.61 bits per heavy atom. The summed E-state index contributed by atoms with van der Waals surface area (Å²) in [5.74, 6) is -1.39. The zero-order valence-electron chi connectivity index (χ0n) is 9.49. The van der Waals surface area contributed by atoms with E-state index < -0.39 is 29.5 Å². The van der Waals surface area contributed by atoms with E-state index in [0.29, 0.717) is 0 Å². The molecule has 0 radical (unpaired) electrons. The normalized spacial score (nSPS) is 13.2. The first-order chi connectivity index (χ1) is 8.27. The smallest absolute Gasteiger partial charge is 0.407 e. The summed E-state index contributed by atoms with van der Waals surface area (Å²) in [6.07, 6.45) is -4.70. The van der Waals surface area contributed by atoms with Gasteiger partial charge in [-0.25, -0.2) is 4.79 Å². The van der Waals surface area contributed by atoms with E-state index in [0.717, 1.165) is 12.1 Å². The summed E-state index contributed by atoms with van der Waals surface area (Å²) in [4.78, 5) is 11.4. The molecule has 0 heterocycles. The van der Waals surface area contributed by atoms with E-state index in [-0.39, 0.29) is 12.2 Å². The second-order valence-corrected chi connectivity index (χ2v) is 3.51. The first-order valence-corrected chi connectivity index (χ1v) is 5.09. The summed E-state index contributed by atoms with van der Waals surface area (Å²) in [5.41, 5.74) is 4.32. The van der Waals surface area contributed by atoms with E-state index >= 15 is 0 Å². The second kappa shape index (κ2) is 5.26. The molecule has 0 amide bonds. The monoisotopic (exact) mass is 263 g/mol. The Balaban J connectivity index is 3.13. The molecule has 0 saturated carbocycles. The van der Waals surface area contributed by atoms with Crippen LogP contribution in [0.2, 0.25) is 0 Å². The van der Waals surface area contributed by atoms with Crippen molar-refractivity contribution < 1.29 is 27.8 Å². The third kappa shape index (κ3) is 3.13. The van der Waals surface area contributed by atoms with E-state index in [1.807, 2.05) is 0 Å². The molecule has 0 unspecified atom stereocenters. The number of hydrogen-bond donors (Lipinski definition) is 2. The van der Waals surface area contributed by atoms with Crippen LogP contribution in [0.3, 0.4) is 0 Å². The van der Waals surface area contributed by atoms with Crippen molar-refractivity contribution in [2.24, 2.45) is 5.73 Å². The average Bonchev–Trinajstić information content (AvgIpc) is 2.27. The molecule has 1 atom stereocenters. The zero-order chi connectivity index (χ0) is 13.9. The molecule has 0 aliphatic carbocycles. The number of halogens is 3. The Hall–Kier alpha value is -1.76. The van der Waals surface area contributed by atoms with Gasteiger partial charge in [-0.05, 0) is 25.1 Å². The number of carbonyl (C=O) groups is 1. The number of nitrogens with two attached hydrogens (primary N) is 1. The summed E-state index contributed by atoms with van der Waals surface area (Å²) >= 11 is 0. The minimum Gasteiger partial charge on any atom is -0.508 e. The van der Waals surface area contributed by atoms with Crippen molar-refractivity contribution in [1.82, 2.24) is 0 Å². The van der Waals surface area contributed by atoms with Gasteiger partial charge in [0.25, 0.3) is 0 Å². The first kappa shape index (κ1) is 14.3. The van der Waals surface area contributed by atoms with Gasteiger partial charge in [0, 0.05) is 5.56 Å². The third-order valence-corrected chi connectivity index (χ3v) is 2.23. The van der Waals surface area contributed by atoms with Crippen molar-refractivity contribution in [1.29, 1.82) is 0 Å². The molecular weight excluding hydrogens is 251 g/mol. The van der Waals surface area contributed by atoms with Crippen molar-refractivity contribution in [2.45, 2.75) is 19.1 Å². The van der Waals surface area contributed by atoms with E-state index in [2.05, 4.69) is 4.74 Å². The van der Waals surface area contributed by atoms with Crippen LogP contribution in [0.4, 0.5) is 13.2 Å². The molecule has 0 aromatic heterocycles. The van der Waals surface area contributed by atoms with Gasteiger partial charge in [0.15, 0.2) is 0 Å². The minimum atomic E-state index is -4.70. The maximum Gasteiger partial charge on any atom is 0.407 e. The van der Waals surface area contributed by atoms with Crippen LogP contribution >= 0.6 is 0 Å². The fraction of sp³-hybridized carbons (Fsp3) is 0.364. The zero-order valence-corrected chi connectivity index (χ0v) is 9.49. The number of phenols is 1. The number of phenolic OH excluding ortho intramolecular Hbond substituents is 1. The Bertz CT molecular complexity index is 446. The maximum atomic E-state index is 12.4. The van der Waals surface area contributed by atoms with Crippen molar-refractivity contribution >= 4 is 5.97 Å². The number of alkyl halides is 3. The van der Waals surface area contributed by atoms with Crippen LogP contribution in [-0.2, 0) is 4.74 Å². The lowest BCUT2D eigenvalue weighted by Crippen LogP contribution is -2.28. The van der Waals surface area contributed by atoms with Gasteiger partial charge in [0.1, 0.15) is 11.8 Å². The molecule has 0 aliphatic heterocycles. The number of rotatable bonds is 3. The summed E-state index contributed by atoms with van der Waals surface area (Å²) in [7, 11) is 0. The van der Waals surface area contributed by atoms with Gasteiger partial charge in [-0.15, -0.1) is 0 Å². The molecule has 4 nitrogen and oxygen atoms in total. The summed E-state index contributed by atoms with van der Waals surface area (Å²) in [5, 5.41) is 9.35. The van der Waals surface area contributed by atoms with Crippen LogP contribution < -0.4 is 5.73 Å². The third-order valence-electron chi connectivity index (χ3n) is 2.23. The molecular formula is C11H12F3NO3. The predicted octanol–water partition coefficient (Wildman–Crippen LogP) is 2.13. The van der Waals surface area contributed by atoms with Gasteiger partial charge in [0.2, 0.25) is 0 Å². The molecule has 1 aromatic rings. The molecule has 0 fully saturated rings. The number of carbonyl (C=O) groups excluding carboxylic acids is 1. The lowest BCUT2D eigenvalue weighted by atomic mass is 10.0. The van der Waals surface area contributed by atoms with Crippen LogP contribution in [0, 0.1) is 0 Å². The van der Waals surface area contributed by atoms with Gasteiger partial charge in [-0.1, -0.05) is 0 Å². The highest BCUT2D eigenvalue weighted by Crippen LogP contribution is 2.35. The predicted molar refractivity (Wildman–Crippen MR) is 57.0 cm³/mol. The molecule has 1 rings (SSSR count). The van der Waals surface area contributed by atoms with E-state index in [1.165, 1.54) is 6.07 Å². The summed E-state index contributed by atoms with van der Waals surface area (Å²) in [6, 6.07) is 0.672. The van der Waals surface area contributed by atoms with E-state index in [1.54, 1.807) is 6.92 Å². The molecule has 18 heavy (non-hydrogen) atoms. The number of esters is 1. The SMILES string of the molecule is CCOC(=O)c1ccc(O)c([C@H](N)C(F)(F)F)c1. The highest BCUT2D eigenvalue weighted by atomic mass is 19.4. The quantitative estimate of drug-likeness (QED) is 0.819. The highest BCUT2D eigenvalue weighted by molar-refractivity contribution is 5.89. The number of aromatic hydroxyl groups is 1. The molecule has 0 aliphatic rings. The van der Waals surface area contributed by atoms with Crippen LogP contribution in [0.5, 0.6) is 5.75 Å². The topological polar surface area (TPSA) is 72.5 Å². The van der Waals surface area contributed by atoms with Crippen LogP contribution in [0.15, 0.2) is 18.2 Å². The molecule has 1 aromatic carbocycles. The first-order valence-electron chi connectivity index (χ1n) is 5.09. The Morgan fingerprint density at radius 1 is 1.50 bits per heavy atom. The van der Waals surface area contributed by atoms with Gasteiger partial charge in [-0.2, -0.15) is 13.2 Å². The van der Waals surface area contributed by atoms with Crippen molar-refractivity contribution in [2.75, 3.05) is 6.61 Å².